The molecule has 8 heteroatoms. The number of imide groups is 1. The molecule has 1 aliphatic heterocycles. The predicted molar refractivity (Wildman–Crippen MR) is 84.4 cm³/mol. The third kappa shape index (κ3) is 3.85. The summed E-state index contributed by atoms with van der Waals surface area (Å²) in [6.45, 7) is 0.508. The van der Waals surface area contributed by atoms with E-state index in [1.807, 2.05) is 0 Å². The highest BCUT2D eigenvalue weighted by molar-refractivity contribution is 8.00. The summed E-state index contributed by atoms with van der Waals surface area (Å²) in [6.07, 6.45) is 3.70. The van der Waals surface area contributed by atoms with Crippen molar-refractivity contribution in [2.24, 2.45) is 11.8 Å². The van der Waals surface area contributed by atoms with Gasteiger partial charge in [0, 0.05) is 19.1 Å². The number of thioether (sulfide) groups is 1. The van der Waals surface area contributed by atoms with E-state index in [4.69, 9.17) is 0 Å². The van der Waals surface area contributed by atoms with Crippen molar-refractivity contribution < 1.29 is 19.2 Å². The van der Waals surface area contributed by atoms with Crippen molar-refractivity contribution in [1.29, 1.82) is 0 Å². The van der Waals surface area contributed by atoms with E-state index < -0.39 is 0 Å². The van der Waals surface area contributed by atoms with Crippen molar-refractivity contribution in [1.82, 2.24) is 15.5 Å². The van der Waals surface area contributed by atoms with Crippen LogP contribution >= 0.6 is 11.8 Å². The van der Waals surface area contributed by atoms with E-state index in [-0.39, 0.29) is 60.1 Å². The Morgan fingerprint density at radius 3 is 2.17 bits per heavy atom. The minimum atomic E-state index is -0.184. The van der Waals surface area contributed by atoms with Crippen molar-refractivity contribution in [2.45, 2.75) is 31.7 Å². The molecule has 2 saturated carbocycles. The van der Waals surface area contributed by atoms with Crippen molar-refractivity contribution in [3.8, 4) is 0 Å². The summed E-state index contributed by atoms with van der Waals surface area (Å²) < 4.78 is 0. The molecule has 0 bridgehead atoms. The number of hydrogen-bond acceptors (Lipinski definition) is 5. The van der Waals surface area contributed by atoms with E-state index in [1.54, 1.807) is 0 Å². The van der Waals surface area contributed by atoms with Gasteiger partial charge in [-0.1, -0.05) is 0 Å². The highest BCUT2D eigenvalue weighted by Crippen LogP contribution is 2.42. The molecular formula is C15H21N3O4S. The lowest BCUT2D eigenvalue weighted by Gasteiger charge is -2.24. The molecule has 1 heterocycles. The zero-order valence-electron chi connectivity index (χ0n) is 12.9. The molecule has 4 amide bonds. The molecule has 2 N–H and O–H groups in total. The Labute approximate surface area is 138 Å². The Hall–Kier alpha value is -1.57. The maximum Gasteiger partial charge on any atom is 0.233 e. The number of carbonyl (C=O) groups excluding carboxylic acids is 4. The number of carbonyl (C=O) groups is 4. The molecule has 0 spiro atoms. The first-order valence-corrected chi connectivity index (χ1v) is 9.21. The minimum absolute atomic E-state index is 0.0333. The van der Waals surface area contributed by atoms with Crippen LogP contribution in [0.3, 0.4) is 0 Å². The van der Waals surface area contributed by atoms with E-state index in [0.717, 1.165) is 25.7 Å². The van der Waals surface area contributed by atoms with Crippen LogP contribution in [0.5, 0.6) is 0 Å². The van der Waals surface area contributed by atoms with Gasteiger partial charge in [-0.3, -0.25) is 24.1 Å². The van der Waals surface area contributed by atoms with Crippen LogP contribution < -0.4 is 10.6 Å². The number of likely N-dealkylation sites (tertiary alicyclic amines) is 1. The smallest absolute Gasteiger partial charge is 0.233 e. The first-order chi connectivity index (χ1) is 11.1. The van der Waals surface area contributed by atoms with Crippen molar-refractivity contribution in [3.63, 3.8) is 0 Å². The van der Waals surface area contributed by atoms with E-state index in [9.17, 15) is 19.2 Å². The molecule has 7 nitrogen and oxygen atoms in total. The van der Waals surface area contributed by atoms with Gasteiger partial charge in [-0.25, -0.2) is 0 Å². The van der Waals surface area contributed by atoms with Gasteiger partial charge < -0.3 is 10.6 Å². The number of rotatable bonds is 8. The van der Waals surface area contributed by atoms with Gasteiger partial charge in [0.25, 0.3) is 0 Å². The Balaban J connectivity index is 1.28. The largest absolute Gasteiger partial charge is 0.354 e. The molecule has 3 aliphatic rings. The van der Waals surface area contributed by atoms with E-state index in [2.05, 4.69) is 10.6 Å². The number of nitrogens with zero attached hydrogens (tertiary/aromatic N) is 1. The van der Waals surface area contributed by atoms with Crippen LogP contribution in [-0.2, 0) is 19.2 Å². The average molecular weight is 339 g/mol. The molecular weight excluding hydrogens is 318 g/mol. The minimum Gasteiger partial charge on any atom is -0.354 e. The fraction of sp³-hybridized carbons (Fsp3) is 0.733. The van der Waals surface area contributed by atoms with Crippen molar-refractivity contribution >= 4 is 35.4 Å². The Morgan fingerprint density at radius 2 is 1.61 bits per heavy atom. The first-order valence-electron chi connectivity index (χ1n) is 8.05. The van der Waals surface area contributed by atoms with Crippen LogP contribution in [0.15, 0.2) is 0 Å². The van der Waals surface area contributed by atoms with Gasteiger partial charge >= 0.3 is 0 Å². The predicted octanol–water partition coefficient (Wildman–Crippen LogP) is -0.491. The quantitative estimate of drug-likeness (QED) is 0.582. The van der Waals surface area contributed by atoms with E-state index in [0.29, 0.717) is 6.04 Å². The molecule has 3 rings (SSSR count). The maximum atomic E-state index is 11.9. The highest BCUT2D eigenvalue weighted by Gasteiger charge is 2.52. The molecule has 126 valence electrons. The third-order valence-electron chi connectivity index (χ3n) is 4.51. The third-order valence-corrected chi connectivity index (χ3v) is 5.44. The van der Waals surface area contributed by atoms with Gasteiger partial charge in [-0.15, -0.1) is 11.8 Å². The second-order valence-corrected chi connectivity index (χ2v) is 7.29. The summed E-state index contributed by atoms with van der Waals surface area (Å²) in [5.74, 6) is -0.150. The molecule has 2 aliphatic carbocycles. The van der Waals surface area contributed by atoms with Crippen LogP contribution in [0.1, 0.15) is 25.7 Å². The Kier molecular flexibility index (Phi) is 4.89. The number of hydrogen-bond donors (Lipinski definition) is 2. The fourth-order valence-corrected chi connectivity index (χ4v) is 3.57. The van der Waals surface area contributed by atoms with Gasteiger partial charge in [-0.2, -0.15) is 0 Å². The van der Waals surface area contributed by atoms with Gasteiger partial charge in [0.2, 0.25) is 23.6 Å². The second-order valence-electron chi connectivity index (χ2n) is 6.30. The Bertz CT molecular complexity index is 513. The van der Waals surface area contributed by atoms with Gasteiger partial charge in [0.15, 0.2) is 0 Å². The average Bonchev–Trinajstić information content (AvgIpc) is 3.23. The van der Waals surface area contributed by atoms with Gasteiger partial charge in [0.1, 0.15) is 0 Å². The highest BCUT2D eigenvalue weighted by atomic mass is 32.2. The molecule has 0 aromatic rings. The molecule has 1 saturated heterocycles. The van der Waals surface area contributed by atoms with Crippen molar-refractivity contribution in [3.05, 3.63) is 0 Å². The number of fused-ring (bicyclic) bond motifs is 1. The topological polar surface area (TPSA) is 95.6 Å². The zero-order valence-corrected chi connectivity index (χ0v) is 13.7. The molecule has 2 atom stereocenters. The van der Waals surface area contributed by atoms with Gasteiger partial charge in [0.05, 0.1) is 23.3 Å². The summed E-state index contributed by atoms with van der Waals surface area (Å²) in [5, 5.41) is 5.55. The lowest BCUT2D eigenvalue weighted by atomic mass is 9.76. The monoisotopic (exact) mass is 339 g/mol. The van der Waals surface area contributed by atoms with E-state index in [1.165, 1.54) is 16.7 Å². The molecule has 3 fully saturated rings. The van der Waals surface area contributed by atoms with Crippen LogP contribution in [-0.4, -0.2) is 59.2 Å². The normalized spacial score (nSPS) is 25.8. The zero-order chi connectivity index (χ0) is 16.4. The van der Waals surface area contributed by atoms with Crippen LogP contribution in [0.4, 0.5) is 0 Å². The van der Waals surface area contributed by atoms with Crippen molar-refractivity contribution in [2.75, 3.05) is 24.6 Å². The summed E-state index contributed by atoms with van der Waals surface area (Å²) in [7, 11) is 0. The SMILES string of the molecule is O=C(CSCC(=O)NC1CC1)NCCN1C(=O)[C@H]2CC[C@H]2C1=O. The molecule has 23 heavy (non-hydrogen) atoms. The number of amides is 4. The maximum absolute atomic E-state index is 11.9. The molecule has 0 unspecified atom stereocenters. The Morgan fingerprint density at radius 1 is 1.00 bits per heavy atom. The van der Waals surface area contributed by atoms with Crippen LogP contribution in [0, 0.1) is 11.8 Å². The van der Waals surface area contributed by atoms with Crippen LogP contribution in [0.2, 0.25) is 0 Å². The summed E-state index contributed by atoms with van der Waals surface area (Å²) in [6, 6.07) is 0.336. The molecule has 0 aromatic heterocycles. The first kappa shape index (κ1) is 16.3. The fourth-order valence-electron chi connectivity index (χ4n) is 2.91. The van der Waals surface area contributed by atoms with E-state index >= 15 is 0 Å². The van der Waals surface area contributed by atoms with Crippen LogP contribution in [0.25, 0.3) is 0 Å². The standard InChI is InChI=1S/C15H21N3O4S/c19-12(7-23-8-13(20)17-9-1-2-9)16-5-6-18-14(21)10-3-4-11(10)15(18)22/h9-11H,1-8H2,(H,16,19)(H,17,20)/t10-,11+. The molecule has 0 radical (unpaired) electrons. The summed E-state index contributed by atoms with van der Waals surface area (Å²) in [4.78, 5) is 48.3. The lowest BCUT2D eigenvalue weighted by Crippen LogP contribution is -2.39. The lowest BCUT2D eigenvalue weighted by molar-refractivity contribution is -0.139. The second kappa shape index (κ2) is 6.90. The number of nitrogens with one attached hydrogen (secondary N) is 2. The molecule has 0 aromatic carbocycles. The van der Waals surface area contributed by atoms with Gasteiger partial charge in [-0.05, 0) is 25.7 Å². The summed E-state index contributed by atoms with van der Waals surface area (Å²) in [5.41, 5.74) is 0. The summed E-state index contributed by atoms with van der Waals surface area (Å²) >= 11 is 1.26.